The van der Waals surface area contributed by atoms with Gasteiger partial charge in [0.1, 0.15) is 17.7 Å². The maximum Gasteiger partial charge on any atom is 0.255 e. The van der Waals surface area contributed by atoms with Crippen LogP contribution in [0.15, 0.2) is 103 Å². The average molecular weight is 469 g/mol. The molecular formula is C29H22F2N2O2. The average Bonchev–Trinajstić information content (AvgIpc) is 3.17. The molecule has 0 aliphatic carbocycles. The lowest BCUT2D eigenvalue weighted by Crippen LogP contribution is -2.41. The molecule has 6 heteroatoms. The minimum absolute atomic E-state index is 0.132. The predicted molar refractivity (Wildman–Crippen MR) is 128 cm³/mol. The molecule has 0 fully saturated rings. The molecule has 4 aromatic rings. The van der Waals surface area contributed by atoms with Crippen LogP contribution in [0, 0.1) is 11.6 Å². The summed E-state index contributed by atoms with van der Waals surface area (Å²) in [7, 11) is 0. The largest absolute Gasteiger partial charge is 0.350 e. The highest BCUT2D eigenvalue weighted by Crippen LogP contribution is 2.42. The van der Waals surface area contributed by atoms with Gasteiger partial charge in [0.25, 0.3) is 5.91 Å². The Hall–Kier alpha value is -4.32. The van der Waals surface area contributed by atoms with Gasteiger partial charge >= 0.3 is 0 Å². The van der Waals surface area contributed by atoms with E-state index in [0.29, 0.717) is 11.1 Å². The summed E-state index contributed by atoms with van der Waals surface area (Å²) in [5.41, 5.74) is 2.93. The number of fused-ring (bicyclic) bond motifs is 1. The molecular weight excluding hydrogens is 446 g/mol. The molecule has 174 valence electrons. The van der Waals surface area contributed by atoms with Crippen molar-refractivity contribution in [1.82, 2.24) is 10.2 Å². The Morgan fingerprint density at radius 2 is 1.43 bits per heavy atom. The molecule has 2 amide bonds. The van der Waals surface area contributed by atoms with Gasteiger partial charge in [-0.05, 0) is 28.8 Å². The first-order chi connectivity index (χ1) is 17.0. The monoisotopic (exact) mass is 468 g/mol. The van der Waals surface area contributed by atoms with Crippen LogP contribution < -0.4 is 5.32 Å². The van der Waals surface area contributed by atoms with Crippen molar-refractivity contribution < 1.29 is 18.4 Å². The Balaban J connectivity index is 1.55. The van der Waals surface area contributed by atoms with Gasteiger partial charge in [0, 0.05) is 23.7 Å². The van der Waals surface area contributed by atoms with E-state index in [1.807, 2.05) is 60.7 Å². The van der Waals surface area contributed by atoms with Crippen molar-refractivity contribution in [3.8, 4) is 0 Å². The zero-order chi connectivity index (χ0) is 24.4. The number of hydrogen-bond donors (Lipinski definition) is 1. The molecule has 1 atom stereocenters. The molecule has 0 spiro atoms. The SMILES string of the molecule is O=C(NCc1ccc(F)cc1F)C1c2ccccc2C(=O)N1C(c1ccccc1)c1ccccc1. The van der Waals surface area contributed by atoms with E-state index in [2.05, 4.69) is 5.32 Å². The number of rotatable bonds is 6. The summed E-state index contributed by atoms with van der Waals surface area (Å²) >= 11 is 0. The molecule has 0 saturated heterocycles. The van der Waals surface area contributed by atoms with Crippen LogP contribution >= 0.6 is 0 Å². The van der Waals surface area contributed by atoms with Crippen molar-refractivity contribution in [3.05, 3.63) is 143 Å². The number of benzene rings is 4. The molecule has 0 saturated carbocycles. The highest BCUT2D eigenvalue weighted by molar-refractivity contribution is 6.05. The van der Waals surface area contributed by atoms with Crippen molar-refractivity contribution >= 4 is 11.8 Å². The number of carbonyl (C=O) groups is 2. The number of amides is 2. The van der Waals surface area contributed by atoms with E-state index < -0.39 is 29.6 Å². The van der Waals surface area contributed by atoms with Gasteiger partial charge in [0.2, 0.25) is 5.91 Å². The van der Waals surface area contributed by atoms with Crippen molar-refractivity contribution in [2.75, 3.05) is 0 Å². The number of halogens is 2. The molecule has 1 N–H and O–H groups in total. The maximum atomic E-state index is 14.2. The first-order valence-electron chi connectivity index (χ1n) is 11.3. The van der Waals surface area contributed by atoms with Gasteiger partial charge in [0.15, 0.2) is 0 Å². The molecule has 5 rings (SSSR count). The summed E-state index contributed by atoms with van der Waals surface area (Å²) in [6.45, 7) is -0.132. The third-order valence-corrected chi connectivity index (χ3v) is 6.22. The van der Waals surface area contributed by atoms with Gasteiger partial charge in [-0.1, -0.05) is 84.9 Å². The summed E-state index contributed by atoms with van der Waals surface area (Å²) in [6.07, 6.45) is 0. The third-order valence-electron chi connectivity index (χ3n) is 6.22. The summed E-state index contributed by atoms with van der Waals surface area (Å²) in [5, 5.41) is 2.76. The minimum atomic E-state index is -0.923. The van der Waals surface area contributed by atoms with Gasteiger partial charge in [-0.3, -0.25) is 9.59 Å². The molecule has 1 aliphatic heterocycles. The van der Waals surface area contributed by atoms with Crippen molar-refractivity contribution in [1.29, 1.82) is 0 Å². The Labute approximate surface area is 201 Å². The van der Waals surface area contributed by atoms with E-state index >= 15 is 0 Å². The van der Waals surface area contributed by atoms with E-state index in [0.717, 1.165) is 23.3 Å². The second-order valence-electron chi connectivity index (χ2n) is 8.38. The van der Waals surface area contributed by atoms with E-state index in [4.69, 9.17) is 0 Å². The van der Waals surface area contributed by atoms with Gasteiger partial charge in [-0.25, -0.2) is 8.78 Å². The molecule has 4 nitrogen and oxygen atoms in total. The number of hydrogen-bond acceptors (Lipinski definition) is 2. The predicted octanol–water partition coefficient (Wildman–Crippen LogP) is 5.57. The molecule has 0 aromatic heterocycles. The Bertz CT molecular complexity index is 1340. The quantitative estimate of drug-likeness (QED) is 0.402. The Morgan fingerprint density at radius 1 is 0.829 bits per heavy atom. The van der Waals surface area contributed by atoms with Crippen LogP contribution in [0.4, 0.5) is 8.78 Å². The fourth-order valence-corrected chi connectivity index (χ4v) is 4.60. The third kappa shape index (κ3) is 4.30. The number of nitrogens with zero attached hydrogens (tertiary/aromatic N) is 1. The molecule has 1 unspecified atom stereocenters. The van der Waals surface area contributed by atoms with Crippen LogP contribution in [0.2, 0.25) is 0 Å². The Morgan fingerprint density at radius 3 is 2.06 bits per heavy atom. The van der Waals surface area contributed by atoms with Crippen LogP contribution in [0.3, 0.4) is 0 Å². The van der Waals surface area contributed by atoms with Crippen molar-refractivity contribution in [2.45, 2.75) is 18.6 Å². The molecule has 4 aromatic carbocycles. The van der Waals surface area contributed by atoms with Crippen molar-refractivity contribution in [3.63, 3.8) is 0 Å². The second kappa shape index (κ2) is 9.50. The minimum Gasteiger partial charge on any atom is -0.350 e. The first-order valence-corrected chi connectivity index (χ1v) is 11.3. The van der Waals surface area contributed by atoms with E-state index in [9.17, 15) is 18.4 Å². The first kappa shape index (κ1) is 22.5. The van der Waals surface area contributed by atoms with Gasteiger partial charge < -0.3 is 10.2 Å². The lowest BCUT2D eigenvalue weighted by Gasteiger charge is -2.33. The summed E-state index contributed by atoms with van der Waals surface area (Å²) < 4.78 is 27.5. The zero-order valence-corrected chi connectivity index (χ0v) is 18.7. The zero-order valence-electron chi connectivity index (χ0n) is 18.7. The van der Waals surface area contributed by atoms with Crippen molar-refractivity contribution in [2.24, 2.45) is 0 Å². The van der Waals surface area contributed by atoms with Crippen LogP contribution in [-0.2, 0) is 11.3 Å². The smallest absolute Gasteiger partial charge is 0.255 e. The second-order valence-corrected chi connectivity index (χ2v) is 8.38. The van der Waals surface area contributed by atoms with Gasteiger partial charge in [-0.15, -0.1) is 0 Å². The normalized spacial score (nSPS) is 14.8. The topological polar surface area (TPSA) is 49.4 Å². The van der Waals surface area contributed by atoms with Crippen LogP contribution in [0.1, 0.15) is 44.7 Å². The fraction of sp³-hybridized carbons (Fsp3) is 0.103. The highest BCUT2D eigenvalue weighted by atomic mass is 19.1. The summed E-state index contributed by atoms with van der Waals surface area (Å²) in [5.74, 6) is -2.13. The highest BCUT2D eigenvalue weighted by Gasteiger charge is 2.45. The number of carbonyl (C=O) groups excluding carboxylic acids is 2. The Kier molecular flexibility index (Phi) is 6.10. The lowest BCUT2D eigenvalue weighted by molar-refractivity contribution is -0.126. The fourth-order valence-electron chi connectivity index (χ4n) is 4.60. The molecule has 0 bridgehead atoms. The lowest BCUT2D eigenvalue weighted by atomic mass is 9.95. The van der Waals surface area contributed by atoms with Gasteiger partial charge in [-0.2, -0.15) is 0 Å². The molecule has 0 radical (unpaired) electrons. The molecule has 1 aliphatic rings. The van der Waals surface area contributed by atoms with Gasteiger partial charge in [0.05, 0.1) is 6.04 Å². The van der Waals surface area contributed by atoms with E-state index in [1.165, 1.54) is 6.07 Å². The van der Waals surface area contributed by atoms with Crippen LogP contribution in [0.25, 0.3) is 0 Å². The van der Waals surface area contributed by atoms with Crippen LogP contribution in [0.5, 0.6) is 0 Å². The number of nitrogens with one attached hydrogen (secondary N) is 1. The maximum absolute atomic E-state index is 14.2. The van der Waals surface area contributed by atoms with E-state index in [-0.39, 0.29) is 18.0 Å². The molecule has 35 heavy (non-hydrogen) atoms. The van der Waals surface area contributed by atoms with Crippen LogP contribution in [-0.4, -0.2) is 16.7 Å². The molecule has 1 heterocycles. The summed E-state index contributed by atoms with van der Waals surface area (Å²) in [4.78, 5) is 28.9. The summed E-state index contributed by atoms with van der Waals surface area (Å²) in [6, 6.07) is 27.9. The standard InChI is InChI=1S/C29H22F2N2O2/c30-22-16-15-21(25(31)17-22)18-32-28(34)27-23-13-7-8-14-24(23)29(35)33(27)26(19-9-3-1-4-10-19)20-11-5-2-6-12-20/h1-17,26-27H,18H2,(H,32,34). The van der Waals surface area contributed by atoms with E-state index in [1.54, 1.807) is 29.2 Å².